The van der Waals surface area contributed by atoms with E-state index >= 15 is 0 Å². The molecule has 0 aliphatic heterocycles. The van der Waals surface area contributed by atoms with Crippen LogP contribution in [0.15, 0.2) is 0 Å². The molecule has 0 aromatic heterocycles. The molecule has 0 saturated heterocycles. The number of carbonyl (C=O) groups excluding carboxylic acids is 1. The van der Waals surface area contributed by atoms with Crippen molar-refractivity contribution in [3.05, 3.63) is 0 Å². The fraction of sp³-hybridized carbons (Fsp3) is 0.857. The fourth-order valence-corrected chi connectivity index (χ4v) is 0.396. The second kappa shape index (κ2) is 7.65. The van der Waals surface area contributed by atoms with Gasteiger partial charge >= 0.3 is 0 Å². The first-order valence-corrected chi connectivity index (χ1v) is 3.45. The summed E-state index contributed by atoms with van der Waals surface area (Å²) in [7, 11) is 1.60. The minimum Gasteiger partial charge on any atom is -0.382 e. The standard InChI is InChI=1S/C7H14O4/c1-7(5-8)11-6-10-4-3-9-2/h5,7H,3-4,6H2,1-2H3/t7-/m0/s1. The lowest BCUT2D eigenvalue weighted by atomic mass is 10.5. The predicted octanol–water partition coefficient (Wildman–Crippen LogP) is 0.211. The quantitative estimate of drug-likeness (QED) is 0.305. The van der Waals surface area contributed by atoms with Crippen LogP contribution >= 0.6 is 0 Å². The van der Waals surface area contributed by atoms with E-state index in [2.05, 4.69) is 0 Å². The molecular formula is C7H14O4. The van der Waals surface area contributed by atoms with Gasteiger partial charge in [0.05, 0.1) is 13.2 Å². The third-order valence-corrected chi connectivity index (χ3v) is 1.04. The van der Waals surface area contributed by atoms with Crippen molar-refractivity contribution in [3.8, 4) is 0 Å². The van der Waals surface area contributed by atoms with Gasteiger partial charge in [-0.1, -0.05) is 0 Å². The Bertz CT molecular complexity index is 94.4. The molecule has 0 bridgehead atoms. The van der Waals surface area contributed by atoms with Crippen molar-refractivity contribution in [1.29, 1.82) is 0 Å². The second-order valence-electron chi connectivity index (χ2n) is 2.03. The number of rotatable bonds is 7. The topological polar surface area (TPSA) is 44.8 Å². The monoisotopic (exact) mass is 162 g/mol. The highest BCUT2D eigenvalue weighted by Gasteiger charge is 1.96. The van der Waals surface area contributed by atoms with Crippen molar-refractivity contribution in [2.24, 2.45) is 0 Å². The van der Waals surface area contributed by atoms with E-state index < -0.39 is 6.10 Å². The molecule has 0 N–H and O–H groups in total. The first kappa shape index (κ1) is 10.6. The van der Waals surface area contributed by atoms with Crippen LogP contribution in [-0.4, -0.2) is 39.5 Å². The van der Waals surface area contributed by atoms with Crippen LogP contribution in [0.25, 0.3) is 0 Å². The number of carbonyl (C=O) groups is 1. The molecule has 0 aliphatic rings. The van der Waals surface area contributed by atoms with Gasteiger partial charge in [0.15, 0.2) is 0 Å². The summed E-state index contributed by atoms with van der Waals surface area (Å²) >= 11 is 0. The maximum absolute atomic E-state index is 10.0. The van der Waals surface area contributed by atoms with Crippen LogP contribution < -0.4 is 0 Å². The molecule has 0 spiro atoms. The molecule has 0 aromatic carbocycles. The minimum absolute atomic E-state index is 0.142. The van der Waals surface area contributed by atoms with Crippen molar-refractivity contribution in [2.45, 2.75) is 13.0 Å². The zero-order valence-electron chi connectivity index (χ0n) is 6.91. The van der Waals surface area contributed by atoms with E-state index in [1.165, 1.54) is 0 Å². The van der Waals surface area contributed by atoms with E-state index in [1.54, 1.807) is 14.0 Å². The van der Waals surface area contributed by atoms with Crippen LogP contribution in [0.4, 0.5) is 0 Å². The summed E-state index contributed by atoms with van der Waals surface area (Å²) in [5.41, 5.74) is 0. The minimum atomic E-state index is -0.391. The van der Waals surface area contributed by atoms with E-state index in [-0.39, 0.29) is 6.79 Å². The van der Waals surface area contributed by atoms with E-state index in [9.17, 15) is 4.79 Å². The van der Waals surface area contributed by atoms with Gasteiger partial charge in [-0.05, 0) is 6.92 Å². The Hall–Kier alpha value is -0.450. The lowest BCUT2D eigenvalue weighted by molar-refractivity contribution is -0.129. The lowest BCUT2D eigenvalue weighted by Gasteiger charge is -2.06. The van der Waals surface area contributed by atoms with Gasteiger partial charge in [-0.15, -0.1) is 0 Å². The maximum Gasteiger partial charge on any atom is 0.148 e. The summed E-state index contributed by atoms with van der Waals surface area (Å²) < 4.78 is 14.6. The Morgan fingerprint density at radius 2 is 2.18 bits per heavy atom. The summed E-state index contributed by atoms with van der Waals surface area (Å²) in [4.78, 5) is 10.0. The molecule has 1 atom stereocenters. The number of methoxy groups -OCH3 is 1. The normalized spacial score (nSPS) is 12.9. The van der Waals surface area contributed by atoms with Crippen LogP contribution in [-0.2, 0) is 19.0 Å². The third-order valence-electron chi connectivity index (χ3n) is 1.04. The molecule has 0 radical (unpaired) electrons. The summed E-state index contributed by atoms with van der Waals surface area (Å²) in [6, 6.07) is 0. The fourth-order valence-electron chi connectivity index (χ4n) is 0.396. The van der Waals surface area contributed by atoms with Crippen LogP contribution in [0.2, 0.25) is 0 Å². The molecule has 0 amide bonds. The molecule has 66 valence electrons. The second-order valence-corrected chi connectivity index (χ2v) is 2.03. The van der Waals surface area contributed by atoms with Gasteiger partial charge in [-0.3, -0.25) is 0 Å². The summed E-state index contributed by atoms with van der Waals surface area (Å²) in [5, 5.41) is 0. The highest BCUT2D eigenvalue weighted by atomic mass is 16.7. The van der Waals surface area contributed by atoms with Gasteiger partial charge in [-0.25, -0.2) is 0 Å². The molecule has 4 nitrogen and oxygen atoms in total. The van der Waals surface area contributed by atoms with Crippen LogP contribution in [0.3, 0.4) is 0 Å². The highest BCUT2D eigenvalue weighted by molar-refractivity contribution is 5.54. The van der Waals surface area contributed by atoms with Gasteiger partial charge < -0.3 is 19.0 Å². The maximum atomic E-state index is 10.0. The third kappa shape index (κ3) is 7.45. The molecule has 0 heterocycles. The van der Waals surface area contributed by atoms with Crippen molar-refractivity contribution >= 4 is 6.29 Å². The lowest BCUT2D eigenvalue weighted by Crippen LogP contribution is -2.13. The Kier molecular flexibility index (Phi) is 7.34. The number of aldehydes is 1. The zero-order valence-corrected chi connectivity index (χ0v) is 6.91. The van der Waals surface area contributed by atoms with Crippen LogP contribution in [0.5, 0.6) is 0 Å². The molecule has 0 unspecified atom stereocenters. The largest absolute Gasteiger partial charge is 0.382 e. The molecule has 0 aromatic rings. The molecule has 4 heteroatoms. The Labute approximate surface area is 66.4 Å². The van der Waals surface area contributed by atoms with E-state index in [0.29, 0.717) is 13.2 Å². The summed E-state index contributed by atoms with van der Waals surface area (Å²) in [6.45, 7) is 2.83. The number of hydrogen-bond acceptors (Lipinski definition) is 4. The first-order chi connectivity index (χ1) is 5.31. The Morgan fingerprint density at radius 1 is 1.45 bits per heavy atom. The Morgan fingerprint density at radius 3 is 2.73 bits per heavy atom. The number of ether oxygens (including phenoxy) is 3. The molecule has 0 fully saturated rings. The van der Waals surface area contributed by atoms with Crippen molar-refractivity contribution in [3.63, 3.8) is 0 Å². The van der Waals surface area contributed by atoms with Gasteiger partial charge in [0.2, 0.25) is 0 Å². The van der Waals surface area contributed by atoms with Crippen LogP contribution in [0, 0.1) is 0 Å². The summed E-state index contributed by atoms with van der Waals surface area (Å²) in [6.07, 6.45) is 0.331. The van der Waals surface area contributed by atoms with Crippen LogP contribution in [0.1, 0.15) is 6.92 Å². The highest BCUT2D eigenvalue weighted by Crippen LogP contribution is 1.85. The van der Waals surface area contributed by atoms with Gasteiger partial charge in [0, 0.05) is 7.11 Å². The van der Waals surface area contributed by atoms with E-state index in [4.69, 9.17) is 14.2 Å². The van der Waals surface area contributed by atoms with Gasteiger partial charge in [0.25, 0.3) is 0 Å². The van der Waals surface area contributed by atoms with Gasteiger partial charge in [0.1, 0.15) is 19.2 Å². The first-order valence-electron chi connectivity index (χ1n) is 3.45. The van der Waals surface area contributed by atoms with Crippen molar-refractivity contribution < 1.29 is 19.0 Å². The zero-order chi connectivity index (χ0) is 8.53. The molecule has 0 rings (SSSR count). The molecule has 0 aliphatic carbocycles. The SMILES string of the molecule is COCCOCO[C@@H](C)C=O. The smallest absolute Gasteiger partial charge is 0.148 e. The van der Waals surface area contributed by atoms with Crippen molar-refractivity contribution in [2.75, 3.05) is 27.1 Å². The summed E-state index contributed by atoms with van der Waals surface area (Å²) in [5.74, 6) is 0. The average Bonchev–Trinajstić information content (AvgIpc) is 2.04. The molecule has 11 heavy (non-hydrogen) atoms. The van der Waals surface area contributed by atoms with E-state index in [0.717, 1.165) is 6.29 Å². The van der Waals surface area contributed by atoms with E-state index in [1.807, 2.05) is 0 Å². The average molecular weight is 162 g/mol. The number of hydrogen-bond donors (Lipinski definition) is 0. The molecular weight excluding hydrogens is 148 g/mol. The van der Waals surface area contributed by atoms with Gasteiger partial charge in [-0.2, -0.15) is 0 Å². The Balaban J connectivity index is 2.95. The predicted molar refractivity (Wildman–Crippen MR) is 39.3 cm³/mol. The molecule has 0 saturated carbocycles. The van der Waals surface area contributed by atoms with Crippen molar-refractivity contribution in [1.82, 2.24) is 0 Å².